The van der Waals surface area contributed by atoms with E-state index >= 15 is 0 Å². The van der Waals surface area contributed by atoms with Crippen molar-refractivity contribution in [3.05, 3.63) is 0 Å². The summed E-state index contributed by atoms with van der Waals surface area (Å²) in [5, 5.41) is 4.62. The van der Waals surface area contributed by atoms with Gasteiger partial charge in [-0.1, -0.05) is 6.92 Å². The van der Waals surface area contributed by atoms with Crippen molar-refractivity contribution < 1.29 is 58.0 Å². The Morgan fingerprint density at radius 2 is 1.00 bits per heavy atom. The summed E-state index contributed by atoms with van der Waals surface area (Å²) in [6.45, 7) is 1.79. The van der Waals surface area contributed by atoms with Crippen molar-refractivity contribution in [3.63, 3.8) is 0 Å². The number of rotatable bonds is 15. The number of hydrogen-bond acceptors (Lipinski definition) is 8. The van der Waals surface area contributed by atoms with Gasteiger partial charge in [0.1, 0.15) is 0 Å². The van der Waals surface area contributed by atoms with Crippen molar-refractivity contribution in [1.82, 2.24) is 20.1 Å². The molecule has 0 spiro atoms. The fourth-order valence-electron chi connectivity index (χ4n) is 2.29. The van der Waals surface area contributed by atoms with Gasteiger partial charge in [-0.15, -0.1) is 0 Å². The lowest BCUT2D eigenvalue weighted by molar-refractivity contribution is -0.284. The van der Waals surface area contributed by atoms with Crippen LogP contribution in [0.4, 0.5) is 22.0 Å². The van der Waals surface area contributed by atoms with E-state index < -0.39 is 68.5 Å². The van der Waals surface area contributed by atoms with Crippen LogP contribution in [0, 0.1) is 0 Å². The first-order valence-electron chi connectivity index (χ1n) is 11.1. The normalized spacial score (nSPS) is 12.0. The van der Waals surface area contributed by atoms with E-state index in [2.05, 4.69) is 10.6 Å². The summed E-state index contributed by atoms with van der Waals surface area (Å²) in [5.74, 6) is -8.54. The van der Waals surface area contributed by atoms with Crippen LogP contribution in [-0.2, 0) is 39.2 Å². The monoisotopic (exact) mass is 604 g/mol. The zero-order valence-electron chi connectivity index (χ0n) is 21.0. The number of halogens is 5. The van der Waals surface area contributed by atoms with Gasteiger partial charge in [-0.2, -0.15) is 22.0 Å². The SMILES string of the molecule is CCCC(=O)NS(=O)(=O)CCCC(=O)NC.CNC(=O)CCCS(=O)(=O)NC(=O)CCC(F)(F)C(F)(F)F. The lowest BCUT2D eigenvalue weighted by atomic mass is 10.2. The van der Waals surface area contributed by atoms with Gasteiger partial charge in [-0.05, 0) is 19.3 Å². The van der Waals surface area contributed by atoms with E-state index in [0.29, 0.717) is 6.42 Å². The third-order valence-electron chi connectivity index (χ3n) is 4.29. The third kappa shape index (κ3) is 18.6. The van der Waals surface area contributed by atoms with E-state index in [9.17, 15) is 58.0 Å². The summed E-state index contributed by atoms with van der Waals surface area (Å²) in [7, 11) is -4.96. The maximum absolute atomic E-state index is 12.6. The van der Waals surface area contributed by atoms with Crippen molar-refractivity contribution in [1.29, 1.82) is 0 Å². The molecule has 0 fully saturated rings. The molecular formula is C19H33F5N4O8S2. The molecule has 0 radical (unpaired) electrons. The van der Waals surface area contributed by atoms with Crippen molar-refractivity contribution in [3.8, 4) is 0 Å². The van der Waals surface area contributed by atoms with E-state index in [1.54, 1.807) is 6.92 Å². The highest BCUT2D eigenvalue weighted by molar-refractivity contribution is 7.90. The summed E-state index contributed by atoms with van der Waals surface area (Å²) in [4.78, 5) is 43.8. The van der Waals surface area contributed by atoms with Crippen molar-refractivity contribution in [2.45, 2.75) is 70.4 Å². The van der Waals surface area contributed by atoms with Crippen LogP contribution >= 0.6 is 0 Å². The van der Waals surface area contributed by atoms with Crippen LogP contribution in [0.25, 0.3) is 0 Å². The van der Waals surface area contributed by atoms with Gasteiger partial charge in [-0.3, -0.25) is 28.6 Å². The topological polar surface area (TPSA) is 185 Å². The smallest absolute Gasteiger partial charge is 0.359 e. The molecule has 0 aliphatic rings. The number of hydrogen-bond donors (Lipinski definition) is 4. The number of sulfonamides is 2. The minimum Gasteiger partial charge on any atom is -0.359 e. The first kappa shape index (κ1) is 37.6. The Labute approximate surface area is 218 Å². The number of carbonyl (C=O) groups is 4. The molecular weight excluding hydrogens is 571 g/mol. The maximum Gasteiger partial charge on any atom is 0.453 e. The molecule has 0 aromatic heterocycles. The molecule has 0 aliphatic heterocycles. The second-order valence-electron chi connectivity index (χ2n) is 7.69. The van der Waals surface area contributed by atoms with Gasteiger partial charge in [0, 0.05) is 46.2 Å². The number of carbonyl (C=O) groups excluding carboxylic acids is 4. The Balaban J connectivity index is 0. The zero-order chi connectivity index (χ0) is 30.2. The van der Waals surface area contributed by atoms with Crippen LogP contribution in [0.1, 0.15) is 58.3 Å². The van der Waals surface area contributed by atoms with Crippen molar-refractivity contribution in [2.24, 2.45) is 0 Å². The van der Waals surface area contributed by atoms with Crippen molar-refractivity contribution in [2.75, 3.05) is 25.6 Å². The Hall–Kier alpha value is -2.57. The van der Waals surface area contributed by atoms with Gasteiger partial charge in [0.25, 0.3) is 0 Å². The van der Waals surface area contributed by atoms with E-state index in [1.165, 1.54) is 18.8 Å². The molecule has 38 heavy (non-hydrogen) atoms. The summed E-state index contributed by atoms with van der Waals surface area (Å²) >= 11 is 0. The molecule has 0 rings (SSSR count). The molecule has 12 nitrogen and oxygen atoms in total. The molecule has 4 N–H and O–H groups in total. The second kappa shape index (κ2) is 17.1. The summed E-state index contributed by atoms with van der Waals surface area (Å²) in [6, 6.07) is 0. The lowest BCUT2D eigenvalue weighted by Gasteiger charge is -2.18. The molecule has 0 aliphatic carbocycles. The molecule has 19 heteroatoms. The Morgan fingerprint density at radius 3 is 1.32 bits per heavy atom. The molecule has 0 aromatic carbocycles. The van der Waals surface area contributed by atoms with Gasteiger partial charge in [-0.25, -0.2) is 16.8 Å². The number of amides is 4. The molecule has 0 atom stereocenters. The van der Waals surface area contributed by atoms with Crippen LogP contribution in [0.2, 0.25) is 0 Å². The van der Waals surface area contributed by atoms with Crippen LogP contribution in [0.15, 0.2) is 0 Å². The quantitative estimate of drug-likeness (QED) is 0.197. The Bertz CT molecular complexity index is 1000. The predicted octanol–water partition coefficient (Wildman–Crippen LogP) is 0.695. The number of nitrogens with one attached hydrogen (secondary N) is 4. The number of alkyl halides is 5. The molecule has 224 valence electrons. The minimum atomic E-state index is -5.81. The van der Waals surface area contributed by atoms with E-state index in [-0.39, 0.29) is 43.8 Å². The summed E-state index contributed by atoms with van der Waals surface area (Å²) < 4.78 is 109. The van der Waals surface area contributed by atoms with Gasteiger partial charge in [0.2, 0.25) is 43.7 Å². The van der Waals surface area contributed by atoms with Crippen LogP contribution in [-0.4, -0.2) is 78.2 Å². The van der Waals surface area contributed by atoms with Gasteiger partial charge < -0.3 is 10.6 Å². The zero-order valence-corrected chi connectivity index (χ0v) is 22.7. The third-order valence-corrected chi connectivity index (χ3v) is 7.02. The van der Waals surface area contributed by atoms with Gasteiger partial charge in [0.15, 0.2) is 0 Å². The average Bonchev–Trinajstić information content (AvgIpc) is 2.76. The molecule has 0 heterocycles. The highest BCUT2D eigenvalue weighted by Crippen LogP contribution is 2.38. The van der Waals surface area contributed by atoms with E-state index in [4.69, 9.17) is 0 Å². The van der Waals surface area contributed by atoms with E-state index in [1.807, 2.05) is 4.72 Å². The fourth-order valence-corrected chi connectivity index (χ4v) is 4.44. The standard InChI is InChI=1S/C10H15F5N2O4S.C9H18N2O4S/c1-16-7(18)3-2-6-22(20,21)17-8(19)4-5-9(11,12)10(13,14)15;1-3-5-9(13)11-16(14,15)7-4-6-8(12)10-2/h2-6H2,1H3,(H,16,18)(H,17,19);3-7H2,1-2H3,(H,10,12)(H,11,13). The second-order valence-corrected chi connectivity index (χ2v) is 11.4. The Morgan fingerprint density at radius 1 is 0.632 bits per heavy atom. The van der Waals surface area contributed by atoms with Crippen molar-refractivity contribution >= 4 is 43.7 Å². The Kier molecular flexibility index (Phi) is 16.9. The minimum absolute atomic E-state index is 0.138. The molecule has 4 amide bonds. The summed E-state index contributed by atoms with van der Waals surface area (Å²) in [6.07, 6.45) is -8.11. The lowest BCUT2D eigenvalue weighted by Crippen LogP contribution is -2.39. The highest BCUT2D eigenvalue weighted by atomic mass is 32.2. The molecule has 0 aromatic rings. The average molecular weight is 605 g/mol. The molecule has 0 saturated carbocycles. The van der Waals surface area contributed by atoms with Crippen LogP contribution < -0.4 is 20.1 Å². The highest BCUT2D eigenvalue weighted by Gasteiger charge is 2.56. The first-order valence-corrected chi connectivity index (χ1v) is 14.4. The fraction of sp³-hybridized carbons (Fsp3) is 0.789. The van der Waals surface area contributed by atoms with Crippen LogP contribution in [0.5, 0.6) is 0 Å². The molecule has 0 unspecified atom stereocenters. The summed E-state index contributed by atoms with van der Waals surface area (Å²) in [5.41, 5.74) is 0. The van der Waals surface area contributed by atoms with Gasteiger partial charge >= 0.3 is 12.1 Å². The molecule has 0 saturated heterocycles. The largest absolute Gasteiger partial charge is 0.453 e. The van der Waals surface area contributed by atoms with E-state index in [0.717, 1.165) is 0 Å². The first-order chi connectivity index (χ1) is 17.2. The molecule has 0 bridgehead atoms. The van der Waals surface area contributed by atoms with Crippen LogP contribution in [0.3, 0.4) is 0 Å². The van der Waals surface area contributed by atoms with Gasteiger partial charge in [0.05, 0.1) is 11.5 Å². The maximum atomic E-state index is 12.6. The predicted molar refractivity (Wildman–Crippen MR) is 126 cm³/mol.